The molecule has 0 heterocycles. The zero-order valence-electron chi connectivity index (χ0n) is 9.18. The summed E-state index contributed by atoms with van der Waals surface area (Å²) in [6.45, 7) is -0.122. The average molecular weight is 234 g/mol. The molecule has 0 spiro atoms. The Morgan fingerprint density at radius 1 is 1.50 bits per heavy atom. The number of carbonyl (C=O) groups excluding carboxylic acids is 1. The maximum Gasteiger partial charge on any atom is 0.326 e. The third-order valence-corrected chi connectivity index (χ3v) is 2.06. The van der Waals surface area contributed by atoms with Crippen molar-refractivity contribution in [1.82, 2.24) is 5.32 Å². The molecular weight excluding hydrogens is 216 g/mol. The van der Waals surface area contributed by atoms with Gasteiger partial charge < -0.3 is 26.0 Å². The molecule has 0 aliphatic rings. The highest BCUT2D eigenvalue weighted by molar-refractivity contribution is 5.83. The Hall–Kier alpha value is -1.18. The highest BCUT2D eigenvalue weighted by Crippen LogP contribution is 1.97. The smallest absolute Gasteiger partial charge is 0.326 e. The first kappa shape index (κ1) is 14.8. The number of ether oxygens (including phenoxy) is 1. The molecule has 1 unspecified atom stereocenters. The molecule has 0 saturated heterocycles. The molecule has 0 aliphatic heterocycles. The van der Waals surface area contributed by atoms with Crippen molar-refractivity contribution in [2.45, 2.75) is 25.0 Å². The number of aliphatic carboxylic acids is 1. The lowest BCUT2D eigenvalue weighted by atomic mass is 10.2. The molecule has 16 heavy (non-hydrogen) atoms. The van der Waals surface area contributed by atoms with Gasteiger partial charge in [-0.3, -0.25) is 4.79 Å². The summed E-state index contributed by atoms with van der Waals surface area (Å²) in [6.07, 6.45) is -0.451. The second-order valence-corrected chi connectivity index (χ2v) is 3.27. The van der Waals surface area contributed by atoms with Gasteiger partial charge in [0.05, 0.1) is 12.5 Å². The number of aliphatic hydroxyl groups is 1. The minimum Gasteiger partial charge on any atom is -0.480 e. The highest BCUT2D eigenvalue weighted by atomic mass is 16.5. The van der Waals surface area contributed by atoms with Gasteiger partial charge in [0.25, 0.3) is 0 Å². The van der Waals surface area contributed by atoms with E-state index in [0.717, 1.165) is 0 Å². The summed E-state index contributed by atoms with van der Waals surface area (Å²) in [4.78, 5) is 22.0. The molecule has 2 atom stereocenters. The number of nitrogens with two attached hydrogens (primary N) is 1. The highest BCUT2D eigenvalue weighted by Gasteiger charge is 2.20. The second-order valence-electron chi connectivity index (χ2n) is 3.27. The summed E-state index contributed by atoms with van der Waals surface area (Å²) in [5.74, 6) is -1.64. The Bertz CT molecular complexity index is 230. The van der Waals surface area contributed by atoms with E-state index in [1.54, 1.807) is 0 Å². The minimum atomic E-state index is -1.18. The van der Waals surface area contributed by atoms with Gasteiger partial charge in [-0.05, 0) is 0 Å². The van der Waals surface area contributed by atoms with E-state index in [-0.39, 0.29) is 26.0 Å². The van der Waals surface area contributed by atoms with Crippen molar-refractivity contribution in [1.29, 1.82) is 0 Å². The molecule has 0 radical (unpaired) electrons. The number of carboxylic acid groups (broad SMARTS) is 1. The second kappa shape index (κ2) is 8.03. The lowest BCUT2D eigenvalue weighted by Gasteiger charge is -2.16. The van der Waals surface area contributed by atoms with Gasteiger partial charge in [0.2, 0.25) is 5.91 Å². The van der Waals surface area contributed by atoms with Crippen LogP contribution < -0.4 is 11.1 Å². The Labute approximate surface area is 93.6 Å². The summed E-state index contributed by atoms with van der Waals surface area (Å²) >= 11 is 0. The molecule has 0 fully saturated rings. The molecular formula is C9H18N2O5. The number of nitrogens with one attached hydrogen (secondary N) is 1. The predicted octanol–water partition coefficient (Wildman–Crippen LogP) is -1.70. The molecule has 7 nitrogen and oxygen atoms in total. The lowest BCUT2D eigenvalue weighted by molar-refractivity contribution is -0.142. The maximum absolute atomic E-state index is 11.4. The molecule has 94 valence electrons. The van der Waals surface area contributed by atoms with Gasteiger partial charge in [0.1, 0.15) is 6.04 Å². The predicted molar refractivity (Wildman–Crippen MR) is 55.7 cm³/mol. The molecule has 0 aliphatic carbocycles. The average Bonchev–Trinajstić information content (AvgIpc) is 2.25. The van der Waals surface area contributed by atoms with E-state index < -0.39 is 24.0 Å². The zero-order chi connectivity index (χ0) is 12.6. The van der Waals surface area contributed by atoms with Crippen LogP contribution in [0.1, 0.15) is 12.8 Å². The normalized spacial score (nSPS) is 14.2. The molecule has 0 bridgehead atoms. The minimum absolute atomic E-state index is 0.00219. The number of carboxylic acids is 1. The van der Waals surface area contributed by atoms with Crippen LogP contribution in [0.15, 0.2) is 0 Å². The lowest BCUT2D eigenvalue weighted by Crippen LogP contribution is -2.43. The number of hydrogen-bond donors (Lipinski definition) is 4. The molecule has 7 heteroatoms. The molecule has 0 rings (SSSR count). The molecule has 1 amide bonds. The Kier molecular flexibility index (Phi) is 7.44. The van der Waals surface area contributed by atoms with Crippen molar-refractivity contribution < 1.29 is 24.5 Å². The van der Waals surface area contributed by atoms with Gasteiger partial charge in [-0.2, -0.15) is 0 Å². The van der Waals surface area contributed by atoms with Crippen molar-refractivity contribution >= 4 is 11.9 Å². The number of hydrogen-bond acceptors (Lipinski definition) is 5. The number of carbonyl (C=O) groups is 2. The summed E-state index contributed by atoms with van der Waals surface area (Å²) in [5, 5.41) is 19.6. The Morgan fingerprint density at radius 3 is 2.50 bits per heavy atom. The number of rotatable bonds is 8. The van der Waals surface area contributed by atoms with Crippen LogP contribution in [-0.2, 0) is 14.3 Å². The zero-order valence-corrected chi connectivity index (χ0v) is 9.18. The maximum atomic E-state index is 11.4. The first-order valence-electron chi connectivity index (χ1n) is 4.91. The van der Waals surface area contributed by atoms with Gasteiger partial charge in [-0.15, -0.1) is 0 Å². The van der Waals surface area contributed by atoms with E-state index in [1.165, 1.54) is 7.11 Å². The largest absolute Gasteiger partial charge is 0.480 e. The van der Waals surface area contributed by atoms with Crippen molar-refractivity contribution in [3.8, 4) is 0 Å². The molecule has 0 saturated carbocycles. The molecule has 0 aromatic carbocycles. The van der Waals surface area contributed by atoms with Crippen LogP contribution in [0.3, 0.4) is 0 Å². The fourth-order valence-corrected chi connectivity index (χ4v) is 1.11. The monoisotopic (exact) mass is 234 g/mol. The van der Waals surface area contributed by atoms with E-state index in [9.17, 15) is 9.59 Å². The van der Waals surface area contributed by atoms with E-state index in [4.69, 9.17) is 20.7 Å². The quantitative estimate of drug-likeness (QED) is 0.397. The molecule has 5 N–H and O–H groups in total. The van der Waals surface area contributed by atoms with Gasteiger partial charge in [0, 0.05) is 26.7 Å². The summed E-state index contributed by atoms with van der Waals surface area (Å²) in [5.41, 5.74) is 5.32. The number of amides is 1. The van der Waals surface area contributed by atoms with E-state index in [0.29, 0.717) is 0 Å². The van der Waals surface area contributed by atoms with Gasteiger partial charge in [-0.1, -0.05) is 0 Å². The van der Waals surface area contributed by atoms with Crippen LogP contribution in [0.4, 0.5) is 0 Å². The Balaban J connectivity index is 4.13. The summed E-state index contributed by atoms with van der Waals surface area (Å²) in [6, 6.07) is -1.08. The van der Waals surface area contributed by atoms with Crippen LogP contribution in [0.5, 0.6) is 0 Å². The first-order valence-corrected chi connectivity index (χ1v) is 4.91. The standard InChI is InChI=1S/C9H18N2O5/c1-16-6(5-10)4-8(13)11-7(2-3-12)9(14)15/h6-7,12H,2-5,10H2,1H3,(H,11,13)(H,14,15)/t6?,7-/m1/s1. The van der Waals surface area contributed by atoms with E-state index >= 15 is 0 Å². The van der Waals surface area contributed by atoms with Crippen LogP contribution in [0, 0.1) is 0 Å². The summed E-state index contributed by atoms with van der Waals surface area (Å²) in [7, 11) is 1.42. The SMILES string of the molecule is COC(CN)CC(=O)N[C@H](CCO)C(=O)O. The van der Waals surface area contributed by atoms with Gasteiger partial charge in [0.15, 0.2) is 0 Å². The third kappa shape index (κ3) is 5.64. The van der Waals surface area contributed by atoms with Crippen molar-refractivity contribution in [3.05, 3.63) is 0 Å². The first-order chi connectivity index (χ1) is 7.54. The molecule has 0 aromatic heterocycles. The van der Waals surface area contributed by atoms with Gasteiger partial charge in [-0.25, -0.2) is 4.79 Å². The molecule has 0 aromatic rings. The fraction of sp³-hybridized carbons (Fsp3) is 0.778. The number of aliphatic hydroxyl groups excluding tert-OH is 1. The van der Waals surface area contributed by atoms with Crippen LogP contribution in [-0.4, -0.2) is 54.5 Å². The van der Waals surface area contributed by atoms with Crippen LogP contribution in [0.2, 0.25) is 0 Å². The third-order valence-electron chi connectivity index (χ3n) is 2.06. The van der Waals surface area contributed by atoms with E-state index in [1.807, 2.05) is 0 Å². The Morgan fingerprint density at radius 2 is 2.12 bits per heavy atom. The van der Waals surface area contributed by atoms with Gasteiger partial charge >= 0.3 is 5.97 Å². The fourth-order valence-electron chi connectivity index (χ4n) is 1.11. The van der Waals surface area contributed by atoms with Crippen molar-refractivity contribution in [2.24, 2.45) is 5.73 Å². The summed E-state index contributed by atoms with van der Waals surface area (Å²) < 4.78 is 4.89. The van der Waals surface area contributed by atoms with Crippen LogP contribution in [0.25, 0.3) is 0 Å². The topological polar surface area (TPSA) is 122 Å². The van der Waals surface area contributed by atoms with Crippen molar-refractivity contribution in [2.75, 3.05) is 20.3 Å². The van der Waals surface area contributed by atoms with Crippen LogP contribution >= 0.6 is 0 Å². The van der Waals surface area contributed by atoms with E-state index in [2.05, 4.69) is 5.32 Å². The van der Waals surface area contributed by atoms with Crippen molar-refractivity contribution in [3.63, 3.8) is 0 Å². The number of methoxy groups -OCH3 is 1.